The number of nitrogens with zero attached hydrogens (tertiary/aromatic N) is 5. The molecule has 2 aromatic heterocycles. The number of piperazine rings is 1. The summed E-state index contributed by atoms with van der Waals surface area (Å²) in [5, 5.41) is 13.9. The average Bonchev–Trinajstić information content (AvgIpc) is 3.72. The number of nitriles is 1. The Morgan fingerprint density at radius 1 is 1.09 bits per heavy atom. The zero-order valence-electron chi connectivity index (χ0n) is 25.3. The molecule has 2 bridgehead atoms. The Hall–Kier alpha value is -3.79. The van der Waals surface area contributed by atoms with Crippen LogP contribution in [-0.4, -0.2) is 72.5 Å². The van der Waals surface area contributed by atoms with Crippen LogP contribution < -0.4 is 20.7 Å². The van der Waals surface area contributed by atoms with Crippen LogP contribution in [0.15, 0.2) is 22.6 Å². The molecule has 13 heteroatoms. The highest BCUT2D eigenvalue weighted by Crippen LogP contribution is 2.44. The molecule has 0 spiro atoms. The highest BCUT2D eigenvalue weighted by molar-refractivity contribution is 6.35. The second-order valence-corrected chi connectivity index (χ2v) is 12.9. The highest BCUT2D eigenvalue weighted by Gasteiger charge is 2.34. The minimum atomic E-state index is -0.747. The molecule has 3 N–H and O–H groups in total. The quantitative estimate of drug-likeness (QED) is 0.189. The summed E-state index contributed by atoms with van der Waals surface area (Å²) in [6.45, 7) is 4.00. The smallest absolute Gasteiger partial charge is 0.319 e. The molecule has 46 heavy (non-hydrogen) atoms. The van der Waals surface area contributed by atoms with Gasteiger partial charge >= 0.3 is 6.01 Å². The molecule has 242 valence electrons. The number of hydrogen-bond donors (Lipinski definition) is 2. The van der Waals surface area contributed by atoms with Crippen molar-refractivity contribution >= 4 is 45.2 Å². The number of nitrogen functional groups attached to an aromatic ring is 1. The molecule has 0 saturated carbocycles. The van der Waals surface area contributed by atoms with E-state index in [2.05, 4.69) is 20.1 Å². The van der Waals surface area contributed by atoms with Crippen molar-refractivity contribution in [2.45, 2.75) is 63.2 Å². The van der Waals surface area contributed by atoms with Gasteiger partial charge in [-0.3, -0.25) is 0 Å². The molecule has 4 aromatic rings. The molecule has 2 aromatic carbocycles. The standard InChI is InChI=1S/C33H35ClF3N7O2/c34-24-13-22-29(28(37)27(24)21-7-8-25(36)30-26(21)23(14-38)31(39)46-30)41-33(42-32(22)44-16-19-5-6-20(17-44)40-19)45-12-4-2-1-3-10-43-11-9-18(35)15-43/h7-8,13,18-20,40H,1-6,9-12,15-17,39H2/t18-,19?,20?/m1/s1. The second-order valence-electron chi connectivity index (χ2n) is 12.5. The third-order valence-electron chi connectivity index (χ3n) is 9.37. The van der Waals surface area contributed by atoms with Crippen LogP contribution in [0.25, 0.3) is 33.0 Å². The Labute approximate surface area is 269 Å². The molecule has 7 rings (SSSR count). The Bertz CT molecular complexity index is 1820. The molecule has 5 heterocycles. The van der Waals surface area contributed by atoms with Gasteiger partial charge < -0.3 is 30.0 Å². The van der Waals surface area contributed by atoms with Crippen molar-refractivity contribution < 1.29 is 22.3 Å². The third-order valence-corrected chi connectivity index (χ3v) is 9.67. The minimum absolute atomic E-state index is 0.00880. The number of halogens is 4. The summed E-state index contributed by atoms with van der Waals surface area (Å²) in [5.74, 6) is -1.21. The number of fused-ring (bicyclic) bond motifs is 4. The van der Waals surface area contributed by atoms with Crippen LogP contribution in [0, 0.1) is 23.0 Å². The van der Waals surface area contributed by atoms with Gasteiger partial charge in [0.15, 0.2) is 17.2 Å². The van der Waals surface area contributed by atoms with Crippen LogP contribution in [0.4, 0.5) is 24.9 Å². The van der Waals surface area contributed by atoms with Crippen molar-refractivity contribution in [3.63, 3.8) is 0 Å². The molecular formula is C33H35ClF3N7O2. The Kier molecular flexibility index (Phi) is 8.57. The van der Waals surface area contributed by atoms with E-state index in [1.54, 1.807) is 6.07 Å². The first-order valence-electron chi connectivity index (χ1n) is 15.9. The summed E-state index contributed by atoms with van der Waals surface area (Å²) in [5.41, 5.74) is 5.64. The van der Waals surface area contributed by atoms with Gasteiger partial charge in [-0.25, -0.2) is 13.2 Å². The lowest BCUT2D eigenvalue weighted by molar-refractivity contribution is 0.271. The number of hydrogen-bond acceptors (Lipinski definition) is 9. The van der Waals surface area contributed by atoms with Crippen molar-refractivity contribution in [3.05, 3.63) is 40.4 Å². The number of benzene rings is 2. The van der Waals surface area contributed by atoms with E-state index in [-0.39, 0.29) is 50.1 Å². The van der Waals surface area contributed by atoms with Crippen LogP contribution in [0.1, 0.15) is 50.5 Å². The van der Waals surface area contributed by atoms with Gasteiger partial charge in [-0.05, 0) is 56.3 Å². The van der Waals surface area contributed by atoms with Crippen LogP contribution in [0.3, 0.4) is 0 Å². The summed E-state index contributed by atoms with van der Waals surface area (Å²) in [7, 11) is 0. The van der Waals surface area contributed by atoms with Gasteiger partial charge in [0.2, 0.25) is 5.88 Å². The highest BCUT2D eigenvalue weighted by atomic mass is 35.5. The number of unbranched alkanes of at least 4 members (excludes halogenated alkanes) is 3. The van der Waals surface area contributed by atoms with E-state index in [1.165, 1.54) is 6.07 Å². The molecule has 2 unspecified atom stereocenters. The van der Waals surface area contributed by atoms with Gasteiger partial charge in [0.05, 0.1) is 17.0 Å². The average molecular weight is 654 g/mol. The zero-order valence-corrected chi connectivity index (χ0v) is 26.1. The van der Waals surface area contributed by atoms with Gasteiger partial charge in [0.1, 0.15) is 29.1 Å². The molecule has 3 aliphatic heterocycles. The summed E-state index contributed by atoms with van der Waals surface area (Å²) >= 11 is 6.78. The van der Waals surface area contributed by atoms with Crippen molar-refractivity contribution in [3.8, 4) is 23.2 Å². The van der Waals surface area contributed by atoms with E-state index in [9.17, 15) is 14.0 Å². The van der Waals surface area contributed by atoms with Gasteiger partial charge in [0.25, 0.3) is 0 Å². The fourth-order valence-corrected chi connectivity index (χ4v) is 7.43. The van der Waals surface area contributed by atoms with Crippen molar-refractivity contribution in [2.24, 2.45) is 0 Å². The Morgan fingerprint density at radius 2 is 1.87 bits per heavy atom. The van der Waals surface area contributed by atoms with Gasteiger partial charge in [-0.1, -0.05) is 30.5 Å². The predicted molar refractivity (Wildman–Crippen MR) is 171 cm³/mol. The first kappa shape index (κ1) is 30.8. The number of likely N-dealkylation sites (tertiary alicyclic amines) is 1. The van der Waals surface area contributed by atoms with Crippen LogP contribution in [0.5, 0.6) is 6.01 Å². The van der Waals surface area contributed by atoms with E-state index in [4.69, 9.17) is 31.5 Å². The summed E-state index contributed by atoms with van der Waals surface area (Å²) < 4.78 is 56.2. The van der Waals surface area contributed by atoms with Gasteiger partial charge in [-0.15, -0.1) is 0 Å². The zero-order chi connectivity index (χ0) is 31.9. The lowest BCUT2D eigenvalue weighted by Crippen LogP contribution is -2.51. The van der Waals surface area contributed by atoms with Crippen LogP contribution >= 0.6 is 11.6 Å². The Balaban J connectivity index is 1.20. The number of anilines is 2. The lowest BCUT2D eigenvalue weighted by Gasteiger charge is -2.34. The van der Waals surface area contributed by atoms with Gasteiger partial charge in [-0.2, -0.15) is 15.2 Å². The Morgan fingerprint density at radius 3 is 2.61 bits per heavy atom. The molecule has 0 amide bonds. The maximum Gasteiger partial charge on any atom is 0.319 e. The van der Waals surface area contributed by atoms with E-state index >= 15 is 4.39 Å². The topological polar surface area (TPSA) is 116 Å². The fraction of sp³-hybridized carbons (Fsp3) is 0.485. The van der Waals surface area contributed by atoms with E-state index in [1.807, 2.05) is 6.07 Å². The number of aromatic nitrogens is 2. The van der Waals surface area contributed by atoms with E-state index < -0.39 is 17.8 Å². The molecular weight excluding hydrogens is 619 g/mol. The third kappa shape index (κ3) is 5.80. The number of rotatable bonds is 10. The molecule has 3 fully saturated rings. The fourth-order valence-electron chi connectivity index (χ4n) is 7.13. The van der Waals surface area contributed by atoms with Crippen molar-refractivity contribution in [1.29, 1.82) is 5.26 Å². The number of alkyl halides is 1. The molecule has 3 atom stereocenters. The molecule has 0 radical (unpaired) electrons. The lowest BCUT2D eigenvalue weighted by atomic mass is 9.97. The summed E-state index contributed by atoms with van der Waals surface area (Å²) in [6, 6.07) is 6.70. The first-order valence-corrected chi connectivity index (χ1v) is 16.3. The number of furan rings is 1. The van der Waals surface area contributed by atoms with Crippen molar-refractivity contribution in [1.82, 2.24) is 20.2 Å². The monoisotopic (exact) mass is 653 g/mol. The largest absolute Gasteiger partial charge is 0.463 e. The number of nitrogens with two attached hydrogens (primary N) is 1. The van der Waals surface area contributed by atoms with Crippen LogP contribution in [0.2, 0.25) is 5.02 Å². The molecule has 3 aliphatic rings. The SMILES string of the molecule is N#Cc1c(N)oc2c(F)ccc(-c3c(Cl)cc4c(N5CC6CCC(C5)N6)nc(OCCCCCCN5CC[C@@H](F)C5)nc4c3F)c12. The van der Waals surface area contributed by atoms with Crippen LogP contribution in [-0.2, 0) is 0 Å². The van der Waals surface area contributed by atoms with Gasteiger partial charge in [0, 0.05) is 49.2 Å². The normalized spacial score (nSPS) is 21.5. The molecule has 0 aliphatic carbocycles. The molecule has 3 saturated heterocycles. The van der Waals surface area contributed by atoms with E-state index in [0.29, 0.717) is 55.9 Å². The predicted octanol–water partition coefficient (Wildman–Crippen LogP) is 6.35. The summed E-state index contributed by atoms with van der Waals surface area (Å²) in [4.78, 5) is 13.6. The maximum absolute atomic E-state index is 16.7. The first-order chi connectivity index (χ1) is 22.3. The minimum Gasteiger partial charge on any atom is -0.463 e. The van der Waals surface area contributed by atoms with E-state index in [0.717, 1.165) is 57.7 Å². The number of nitrogens with one attached hydrogen (secondary N) is 1. The van der Waals surface area contributed by atoms with Crippen molar-refractivity contribution in [2.75, 3.05) is 50.0 Å². The maximum atomic E-state index is 16.7. The second kappa shape index (κ2) is 12.8. The summed E-state index contributed by atoms with van der Waals surface area (Å²) in [6.07, 6.45) is 5.71. The number of ether oxygens (including phenoxy) is 1. The molecule has 9 nitrogen and oxygen atoms in total.